The molecule has 0 bridgehead atoms. The largest absolute Gasteiger partial charge is 3.00 e. The fourth-order valence-electron chi connectivity index (χ4n) is 0. The van der Waals surface area contributed by atoms with Crippen molar-refractivity contribution >= 4 is 24.4 Å². The van der Waals surface area contributed by atoms with Gasteiger partial charge in [0.15, 0.2) is 0 Å². The molecule has 0 N–H and O–H groups in total. The maximum absolute atomic E-state index is 0. The van der Waals surface area contributed by atoms with Gasteiger partial charge in [0.1, 0.15) is 0 Å². The van der Waals surface area contributed by atoms with Gasteiger partial charge in [-0.25, -0.2) is 0 Å². The van der Waals surface area contributed by atoms with Crippen LogP contribution in [0.15, 0.2) is 0 Å². The van der Waals surface area contributed by atoms with Gasteiger partial charge in [0.05, 0.1) is 0 Å². The predicted molar refractivity (Wildman–Crippen MR) is 8.50 cm³/mol. The first kappa shape index (κ1) is 183. The molecule has 0 fully saturated rings. The van der Waals surface area contributed by atoms with E-state index in [2.05, 4.69) is 0 Å². The number of rotatable bonds is 0. The van der Waals surface area contributed by atoms with Crippen LogP contribution in [0.1, 0.15) is 0 Å². The first-order valence-electron chi connectivity index (χ1n) is 0. The molecule has 0 aromatic rings. The van der Waals surface area contributed by atoms with Crippen molar-refractivity contribution in [3.05, 3.63) is 0 Å². The van der Waals surface area contributed by atoms with Crippen LogP contribution >= 0.6 is 0 Å². The molecular formula is O4SbV-5. The summed E-state index contributed by atoms with van der Waals surface area (Å²) in [5, 5.41) is 0. The van der Waals surface area contributed by atoms with E-state index in [1.807, 2.05) is 0 Å². The molecule has 0 aliphatic carbocycles. The Kier molecular flexibility index (Phi) is 3390. The average molecular weight is 237 g/mol. The molecule has 0 spiro atoms. The van der Waals surface area contributed by atoms with Crippen molar-refractivity contribution in [2.24, 2.45) is 0 Å². The monoisotopic (exact) mass is 236 g/mol. The molecule has 0 heterocycles. The molecule has 0 saturated carbocycles. The summed E-state index contributed by atoms with van der Waals surface area (Å²) in [5.41, 5.74) is 0. The minimum absolute atomic E-state index is 0. The van der Waals surface area contributed by atoms with Gasteiger partial charge in [-0.15, -0.1) is 0 Å². The zero-order valence-corrected chi connectivity index (χ0v) is 6.48. The second kappa shape index (κ2) is 111. The summed E-state index contributed by atoms with van der Waals surface area (Å²) in [4.78, 5) is 0. The summed E-state index contributed by atoms with van der Waals surface area (Å²) in [6.45, 7) is 0. The Bertz CT molecular complexity index is 7.51. The maximum Gasteiger partial charge on any atom is 3.00 e. The average Bonchev–Trinajstić information content (AvgIpc) is 0. The van der Waals surface area contributed by atoms with Crippen molar-refractivity contribution in [2.75, 3.05) is 0 Å². The third-order valence-electron chi connectivity index (χ3n) is 0. The molecule has 0 aromatic heterocycles. The van der Waals surface area contributed by atoms with Gasteiger partial charge in [-0.2, -0.15) is 0 Å². The van der Waals surface area contributed by atoms with Gasteiger partial charge in [-0.1, -0.05) is 0 Å². The van der Waals surface area contributed by atoms with Crippen LogP contribution in [0.3, 0.4) is 0 Å². The second-order valence-electron chi connectivity index (χ2n) is 0. The molecule has 6 heteroatoms. The standard InChI is InChI=1S/4O.Sb.V/q4*-2;+3;. The third-order valence-corrected chi connectivity index (χ3v) is 0. The molecule has 0 rings (SSSR count). The normalized spacial score (nSPS) is 0. The van der Waals surface area contributed by atoms with Crippen molar-refractivity contribution in [1.82, 2.24) is 0 Å². The van der Waals surface area contributed by atoms with Crippen LogP contribution in [0.5, 0.6) is 0 Å². The predicted octanol–water partition coefficient (Wildman–Crippen LogP) is -0.859. The first-order valence-corrected chi connectivity index (χ1v) is 0. The van der Waals surface area contributed by atoms with Gasteiger partial charge in [0.25, 0.3) is 0 Å². The van der Waals surface area contributed by atoms with Crippen LogP contribution in [0.4, 0.5) is 0 Å². The topological polar surface area (TPSA) is 114 Å². The Balaban J connectivity index is 0. The fourth-order valence-corrected chi connectivity index (χ4v) is 0. The minimum Gasteiger partial charge on any atom is -2.00 e. The molecule has 4 nitrogen and oxygen atoms in total. The van der Waals surface area contributed by atoms with E-state index in [0.29, 0.717) is 0 Å². The quantitative estimate of drug-likeness (QED) is 0.487. The molecule has 6 heavy (non-hydrogen) atoms. The van der Waals surface area contributed by atoms with E-state index in [1.54, 1.807) is 0 Å². The van der Waals surface area contributed by atoms with Crippen molar-refractivity contribution in [3.8, 4) is 0 Å². The maximum atomic E-state index is 0. The Morgan fingerprint density at radius 3 is 0.500 bits per heavy atom. The van der Waals surface area contributed by atoms with Crippen LogP contribution < -0.4 is 0 Å². The van der Waals surface area contributed by atoms with E-state index < -0.39 is 0 Å². The Morgan fingerprint density at radius 2 is 0.500 bits per heavy atom. The smallest absolute Gasteiger partial charge is 2.00 e. The zero-order chi connectivity index (χ0) is 0. The molecule has 0 aliphatic rings. The van der Waals surface area contributed by atoms with Crippen molar-refractivity contribution in [2.45, 2.75) is 0 Å². The van der Waals surface area contributed by atoms with Gasteiger partial charge in [-0.3, -0.25) is 0 Å². The summed E-state index contributed by atoms with van der Waals surface area (Å²) < 4.78 is 0. The molecule has 0 amide bonds. The molecule has 39 valence electrons. The zero-order valence-electron chi connectivity index (χ0n) is 2.53. The van der Waals surface area contributed by atoms with E-state index in [9.17, 15) is 0 Å². The molecular weight excluding hydrogens is 237 g/mol. The molecule has 0 atom stereocenters. The van der Waals surface area contributed by atoms with Crippen LogP contribution in [-0.2, 0) is 40.5 Å². The molecule has 0 saturated heterocycles. The van der Waals surface area contributed by atoms with Crippen LogP contribution in [0.25, 0.3) is 0 Å². The third kappa shape index (κ3) is 61.1. The van der Waals surface area contributed by atoms with Crippen LogP contribution in [-0.4, -0.2) is 24.4 Å². The van der Waals surface area contributed by atoms with Crippen LogP contribution in [0.2, 0.25) is 0 Å². The van der Waals surface area contributed by atoms with Crippen molar-refractivity contribution < 1.29 is 40.5 Å². The second-order valence-corrected chi connectivity index (χ2v) is 0. The van der Waals surface area contributed by atoms with Crippen molar-refractivity contribution in [3.63, 3.8) is 0 Å². The van der Waals surface area contributed by atoms with E-state index >= 15 is 0 Å². The first-order chi connectivity index (χ1) is 0. The van der Waals surface area contributed by atoms with Gasteiger partial charge < -0.3 is 21.9 Å². The van der Waals surface area contributed by atoms with E-state index in [0.717, 1.165) is 0 Å². The van der Waals surface area contributed by atoms with E-state index in [-0.39, 0.29) is 64.9 Å². The summed E-state index contributed by atoms with van der Waals surface area (Å²) in [7, 11) is 0. The molecule has 0 aromatic carbocycles. The summed E-state index contributed by atoms with van der Waals surface area (Å²) in [6.07, 6.45) is 0. The van der Waals surface area contributed by atoms with Gasteiger partial charge in [0.2, 0.25) is 0 Å². The minimum atomic E-state index is 0. The molecule has 0 unspecified atom stereocenters. The van der Waals surface area contributed by atoms with Gasteiger partial charge in [-0.05, 0) is 0 Å². The number of hydrogen-bond donors (Lipinski definition) is 0. The number of hydrogen-bond acceptors (Lipinski definition) is 0. The molecule has 0 aliphatic heterocycles. The Morgan fingerprint density at radius 1 is 0.500 bits per heavy atom. The Hall–Kier alpha value is 1.24. The summed E-state index contributed by atoms with van der Waals surface area (Å²) in [5.74, 6) is 0. The van der Waals surface area contributed by atoms with E-state index in [1.165, 1.54) is 0 Å². The SMILES string of the molecule is [O-2].[O-2].[O-2].[O-2].[Sb+3].[V]. The summed E-state index contributed by atoms with van der Waals surface area (Å²) >= 11 is 0. The molecule has 3 radical (unpaired) electrons. The fraction of sp³-hybridized carbons (Fsp3) is 0. The summed E-state index contributed by atoms with van der Waals surface area (Å²) in [6, 6.07) is 0. The Labute approximate surface area is 64.9 Å². The van der Waals surface area contributed by atoms with Gasteiger partial charge in [0, 0.05) is 18.6 Å². The van der Waals surface area contributed by atoms with Crippen LogP contribution in [0, 0.1) is 0 Å². The van der Waals surface area contributed by atoms with Crippen molar-refractivity contribution in [1.29, 1.82) is 0 Å². The van der Waals surface area contributed by atoms with E-state index in [4.69, 9.17) is 0 Å². The van der Waals surface area contributed by atoms with Gasteiger partial charge >= 0.3 is 24.4 Å².